The molecule has 0 bridgehead atoms. The molecule has 0 aromatic heterocycles. The van der Waals surface area contributed by atoms with Crippen LogP contribution in [0.4, 0.5) is 0 Å². The summed E-state index contributed by atoms with van der Waals surface area (Å²) in [6.07, 6.45) is 0.776. The summed E-state index contributed by atoms with van der Waals surface area (Å²) in [6.45, 7) is 1.15. The van der Waals surface area contributed by atoms with E-state index in [0.717, 1.165) is 6.29 Å². The Kier molecular flexibility index (Phi) is 6.38. The first-order chi connectivity index (χ1) is 9.22. The highest BCUT2D eigenvalue weighted by molar-refractivity contribution is 5.90. The molecule has 0 spiro atoms. The average molecular weight is 267 g/mol. The number of carbonyl (C=O) groups excluding carboxylic acids is 2. The van der Waals surface area contributed by atoms with Crippen LogP contribution in [0.3, 0.4) is 0 Å². The van der Waals surface area contributed by atoms with Gasteiger partial charge in [0.25, 0.3) is 0 Å². The number of ether oxygens (including phenoxy) is 3. The maximum atomic E-state index is 11.4. The smallest absolute Gasteiger partial charge is 0.337 e. The van der Waals surface area contributed by atoms with Crippen molar-refractivity contribution in [3.63, 3.8) is 0 Å². The van der Waals surface area contributed by atoms with Gasteiger partial charge < -0.3 is 24.3 Å². The molecule has 1 rings (SSSR count). The van der Waals surface area contributed by atoms with Crippen molar-refractivity contribution in [3.8, 4) is 11.5 Å². The second-order valence-corrected chi connectivity index (χ2v) is 3.58. The maximum absolute atomic E-state index is 11.4. The Morgan fingerprint density at radius 3 is 2.74 bits per heavy atom. The van der Waals surface area contributed by atoms with Crippen LogP contribution in [0, 0.1) is 0 Å². The van der Waals surface area contributed by atoms with E-state index >= 15 is 0 Å². The van der Waals surface area contributed by atoms with Crippen LogP contribution >= 0.6 is 0 Å². The van der Waals surface area contributed by atoms with Gasteiger partial charge >= 0.3 is 5.97 Å². The van der Waals surface area contributed by atoms with Crippen LogP contribution in [-0.2, 0) is 9.53 Å². The zero-order valence-electron chi connectivity index (χ0n) is 11.0. The van der Waals surface area contributed by atoms with Gasteiger partial charge in [-0.3, -0.25) is 0 Å². The molecular weight excluding hydrogens is 250 g/mol. The fourth-order valence-electron chi connectivity index (χ4n) is 1.43. The first kappa shape index (κ1) is 15.0. The standard InChI is InChI=1S/C13H17NO5/c1-17-11-4-3-10(13(16)18-2)9-12(11)19-8-6-14-5-7-15/h3-4,7,9,14H,5-6,8H2,1-2H3. The van der Waals surface area contributed by atoms with Crippen LogP contribution in [0.2, 0.25) is 0 Å². The van der Waals surface area contributed by atoms with Crippen molar-refractivity contribution in [1.29, 1.82) is 0 Å². The van der Waals surface area contributed by atoms with Crippen LogP contribution in [0.25, 0.3) is 0 Å². The number of rotatable bonds is 8. The second kappa shape index (κ2) is 8.10. The molecule has 1 aromatic carbocycles. The molecule has 104 valence electrons. The van der Waals surface area contributed by atoms with E-state index in [1.165, 1.54) is 14.2 Å². The zero-order chi connectivity index (χ0) is 14.1. The molecule has 0 atom stereocenters. The van der Waals surface area contributed by atoms with E-state index < -0.39 is 5.97 Å². The van der Waals surface area contributed by atoms with Gasteiger partial charge in [0.05, 0.1) is 26.3 Å². The number of methoxy groups -OCH3 is 2. The molecule has 0 fully saturated rings. The van der Waals surface area contributed by atoms with Gasteiger partial charge in [-0.25, -0.2) is 4.79 Å². The maximum Gasteiger partial charge on any atom is 0.337 e. The molecule has 0 unspecified atom stereocenters. The van der Waals surface area contributed by atoms with Gasteiger partial charge in [-0.2, -0.15) is 0 Å². The average Bonchev–Trinajstić information content (AvgIpc) is 2.46. The number of esters is 1. The number of carbonyl (C=O) groups is 2. The molecule has 0 aliphatic carbocycles. The van der Waals surface area contributed by atoms with Gasteiger partial charge in [0.15, 0.2) is 11.5 Å². The predicted octanol–water partition coefficient (Wildman–Crippen LogP) is 0.649. The van der Waals surface area contributed by atoms with Gasteiger partial charge in [0, 0.05) is 6.54 Å². The monoisotopic (exact) mass is 267 g/mol. The Hall–Kier alpha value is -2.08. The fraction of sp³-hybridized carbons (Fsp3) is 0.385. The molecule has 0 radical (unpaired) electrons. The van der Waals surface area contributed by atoms with E-state index in [2.05, 4.69) is 10.1 Å². The summed E-state index contributed by atoms with van der Waals surface area (Å²) in [6, 6.07) is 4.80. The molecule has 0 heterocycles. The molecule has 6 nitrogen and oxygen atoms in total. The van der Waals surface area contributed by atoms with Crippen LogP contribution in [0.5, 0.6) is 11.5 Å². The second-order valence-electron chi connectivity index (χ2n) is 3.58. The Balaban J connectivity index is 2.67. The van der Waals surface area contributed by atoms with E-state index in [1.54, 1.807) is 18.2 Å². The van der Waals surface area contributed by atoms with Gasteiger partial charge in [-0.15, -0.1) is 0 Å². The third-order valence-electron chi connectivity index (χ3n) is 2.35. The summed E-state index contributed by atoms with van der Waals surface area (Å²) < 4.78 is 15.3. The molecular formula is C13H17NO5. The van der Waals surface area contributed by atoms with Crippen molar-refractivity contribution in [2.24, 2.45) is 0 Å². The molecule has 1 N–H and O–H groups in total. The number of nitrogens with one attached hydrogen (secondary N) is 1. The summed E-state index contributed by atoms with van der Waals surface area (Å²) in [5.41, 5.74) is 0.388. The van der Waals surface area contributed by atoms with E-state index in [1.807, 2.05) is 0 Å². The lowest BCUT2D eigenvalue weighted by atomic mass is 10.2. The van der Waals surface area contributed by atoms with Gasteiger partial charge in [0.1, 0.15) is 12.9 Å². The van der Waals surface area contributed by atoms with Crippen molar-refractivity contribution >= 4 is 12.3 Å². The molecule has 1 aromatic rings. The van der Waals surface area contributed by atoms with Crippen molar-refractivity contribution < 1.29 is 23.8 Å². The summed E-state index contributed by atoms with van der Waals surface area (Å²) >= 11 is 0. The van der Waals surface area contributed by atoms with Crippen molar-refractivity contribution in [2.45, 2.75) is 0 Å². The van der Waals surface area contributed by atoms with Crippen molar-refractivity contribution in [1.82, 2.24) is 5.32 Å². The normalized spacial score (nSPS) is 9.79. The van der Waals surface area contributed by atoms with Crippen LogP contribution in [-0.4, -0.2) is 46.2 Å². The molecule has 0 aliphatic rings. The minimum Gasteiger partial charge on any atom is -0.493 e. The minimum absolute atomic E-state index is 0.280. The largest absolute Gasteiger partial charge is 0.493 e. The summed E-state index contributed by atoms with van der Waals surface area (Å²) in [4.78, 5) is 21.5. The Bertz CT molecular complexity index is 433. The topological polar surface area (TPSA) is 73.9 Å². The first-order valence-corrected chi connectivity index (χ1v) is 5.76. The SMILES string of the molecule is COC(=O)c1ccc(OC)c(OCCNCC=O)c1. The van der Waals surface area contributed by atoms with Gasteiger partial charge in [-0.05, 0) is 18.2 Å². The quantitative estimate of drug-likeness (QED) is 0.423. The highest BCUT2D eigenvalue weighted by Crippen LogP contribution is 2.28. The lowest BCUT2D eigenvalue weighted by molar-refractivity contribution is -0.107. The molecule has 0 saturated heterocycles. The third-order valence-corrected chi connectivity index (χ3v) is 2.35. The van der Waals surface area contributed by atoms with Crippen LogP contribution in [0.1, 0.15) is 10.4 Å². The Morgan fingerprint density at radius 1 is 1.32 bits per heavy atom. The summed E-state index contributed by atoms with van der Waals surface area (Å²) in [5, 5.41) is 2.87. The predicted molar refractivity (Wildman–Crippen MR) is 68.8 cm³/mol. The zero-order valence-corrected chi connectivity index (χ0v) is 11.0. The van der Waals surface area contributed by atoms with Crippen molar-refractivity contribution in [3.05, 3.63) is 23.8 Å². The van der Waals surface area contributed by atoms with E-state index in [4.69, 9.17) is 9.47 Å². The van der Waals surface area contributed by atoms with E-state index in [-0.39, 0.29) is 6.54 Å². The van der Waals surface area contributed by atoms with E-state index in [9.17, 15) is 9.59 Å². The van der Waals surface area contributed by atoms with Crippen LogP contribution < -0.4 is 14.8 Å². The molecule has 0 amide bonds. The number of hydrogen-bond acceptors (Lipinski definition) is 6. The van der Waals surface area contributed by atoms with E-state index in [0.29, 0.717) is 30.2 Å². The lowest BCUT2D eigenvalue weighted by Gasteiger charge is -2.11. The highest BCUT2D eigenvalue weighted by Gasteiger charge is 2.11. The summed E-state index contributed by atoms with van der Waals surface area (Å²) in [5.74, 6) is 0.549. The molecule has 19 heavy (non-hydrogen) atoms. The first-order valence-electron chi connectivity index (χ1n) is 5.76. The number of benzene rings is 1. The highest BCUT2D eigenvalue weighted by atomic mass is 16.5. The minimum atomic E-state index is -0.438. The Labute approximate surface area is 111 Å². The molecule has 0 saturated carbocycles. The molecule has 0 aliphatic heterocycles. The van der Waals surface area contributed by atoms with Gasteiger partial charge in [-0.1, -0.05) is 0 Å². The third kappa shape index (κ3) is 4.59. The number of hydrogen-bond donors (Lipinski definition) is 1. The Morgan fingerprint density at radius 2 is 2.11 bits per heavy atom. The lowest BCUT2D eigenvalue weighted by Crippen LogP contribution is -2.22. The summed E-state index contributed by atoms with van der Waals surface area (Å²) in [7, 11) is 2.83. The fourth-order valence-corrected chi connectivity index (χ4v) is 1.43. The number of aldehydes is 1. The van der Waals surface area contributed by atoms with Crippen LogP contribution in [0.15, 0.2) is 18.2 Å². The van der Waals surface area contributed by atoms with Gasteiger partial charge in [0.2, 0.25) is 0 Å². The molecule has 6 heteroatoms. The van der Waals surface area contributed by atoms with Crippen molar-refractivity contribution in [2.75, 3.05) is 33.9 Å².